The Morgan fingerprint density at radius 3 is 2.47 bits per heavy atom. The van der Waals surface area contributed by atoms with Gasteiger partial charge in [-0.25, -0.2) is 4.79 Å². The summed E-state index contributed by atoms with van der Waals surface area (Å²) in [6, 6.07) is 13.0. The van der Waals surface area contributed by atoms with Gasteiger partial charge in [0.25, 0.3) is 5.56 Å². The van der Waals surface area contributed by atoms with Gasteiger partial charge in [0.15, 0.2) is 11.5 Å². The monoisotopic (exact) mass is 411 g/mol. The number of hydrogen-bond donors (Lipinski definition) is 2. The molecule has 0 saturated heterocycles. The zero-order valence-electron chi connectivity index (χ0n) is 17.1. The molecule has 0 aliphatic rings. The number of nitrogens with one attached hydrogen (secondary N) is 2. The first-order valence-electron chi connectivity index (χ1n) is 9.73. The summed E-state index contributed by atoms with van der Waals surface area (Å²) in [7, 11) is 2.96. The van der Waals surface area contributed by atoms with Crippen LogP contribution in [-0.4, -0.2) is 36.2 Å². The van der Waals surface area contributed by atoms with E-state index < -0.39 is 11.2 Å². The second kappa shape index (κ2) is 9.78. The molecule has 30 heavy (non-hydrogen) atoms. The first kappa shape index (κ1) is 21.2. The van der Waals surface area contributed by atoms with Crippen molar-refractivity contribution in [2.24, 2.45) is 0 Å². The van der Waals surface area contributed by atoms with E-state index in [1.807, 2.05) is 30.3 Å². The fourth-order valence-corrected chi connectivity index (χ4v) is 3.26. The highest BCUT2D eigenvalue weighted by atomic mass is 16.5. The molecule has 1 aromatic heterocycles. The first-order chi connectivity index (χ1) is 14.5. The molecule has 0 unspecified atom stereocenters. The lowest BCUT2D eigenvalue weighted by Gasteiger charge is -2.11. The van der Waals surface area contributed by atoms with Gasteiger partial charge in [0.2, 0.25) is 5.91 Å². The van der Waals surface area contributed by atoms with Crippen LogP contribution in [0.5, 0.6) is 11.5 Å². The SMILES string of the molecule is COc1cc2[nH]c(=O)n(CCCC(=O)NCCc3ccccc3)c(=O)c2cc1OC. The molecule has 0 aliphatic carbocycles. The Morgan fingerprint density at radius 1 is 1.07 bits per heavy atom. The van der Waals surface area contributed by atoms with Crippen LogP contribution in [0.2, 0.25) is 0 Å². The molecule has 0 atom stereocenters. The number of benzene rings is 2. The molecule has 0 fully saturated rings. The first-order valence-corrected chi connectivity index (χ1v) is 9.73. The van der Waals surface area contributed by atoms with Crippen molar-refractivity contribution in [3.63, 3.8) is 0 Å². The molecule has 0 radical (unpaired) electrons. The van der Waals surface area contributed by atoms with Gasteiger partial charge in [-0.1, -0.05) is 30.3 Å². The van der Waals surface area contributed by atoms with Gasteiger partial charge >= 0.3 is 5.69 Å². The maximum absolute atomic E-state index is 12.8. The second-order valence-corrected chi connectivity index (χ2v) is 6.83. The molecule has 0 aliphatic heterocycles. The van der Waals surface area contributed by atoms with E-state index in [1.54, 1.807) is 12.1 Å². The van der Waals surface area contributed by atoms with Gasteiger partial charge in [-0.15, -0.1) is 0 Å². The van der Waals surface area contributed by atoms with Crippen LogP contribution in [0, 0.1) is 0 Å². The topological polar surface area (TPSA) is 102 Å². The lowest BCUT2D eigenvalue weighted by molar-refractivity contribution is -0.121. The Labute approximate surface area is 173 Å². The van der Waals surface area contributed by atoms with Crippen molar-refractivity contribution in [1.82, 2.24) is 14.9 Å². The summed E-state index contributed by atoms with van der Waals surface area (Å²) in [5.74, 6) is 0.714. The number of carbonyl (C=O) groups excluding carboxylic acids is 1. The maximum Gasteiger partial charge on any atom is 0.328 e. The molecule has 0 bridgehead atoms. The van der Waals surface area contributed by atoms with Gasteiger partial charge in [0, 0.05) is 25.6 Å². The minimum absolute atomic E-state index is 0.109. The van der Waals surface area contributed by atoms with Crippen LogP contribution in [0.1, 0.15) is 18.4 Å². The highest BCUT2D eigenvalue weighted by molar-refractivity contribution is 5.81. The van der Waals surface area contributed by atoms with Gasteiger partial charge in [-0.3, -0.25) is 14.2 Å². The van der Waals surface area contributed by atoms with E-state index in [4.69, 9.17) is 9.47 Å². The Morgan fingerprint density at radius 2 is 1.77 bits per heavy atom. The zero-order chi connectivity index (χ0) is 21.5. The molecule has 8 nitrogen and oxygen atoms in total. The van der Waals surface area contributed by atoms with Crippen LogP contribution in [0.3, 0.4) is 0 Å². The zero-order valence-corrected chi connectivity index (χ0v) is 17.1. The number of amides is 1. The lowest BCUT2D eigenvalue weighted by atomic mass is 10.1. The van der Waals surface area contributed by atoms with Crippen molar-refractivity contribution in [2.45, 2.75) is 25.8 Å². The normalized spacial score (nSPS) is 10.7. The van der Waals surface area contributed by atoms with Crippen molar-refractivity contribution < 1.29 is 14.3 Å². The lowest BCUT2D eigenvalue weighted by Crippen LogP contribution is -2.35. The molecule has 0 spiro atoms. The number of H-pyrrole nitrogens is 1. The number of nitrogens with zero attached hydrogens (tertiary/aromatic N) is 1. The van der Waals surface area contributed by atoms with Crippen LogP contribution in [0.25, 0.3) is 10.9 Å². The summed E-state index contributed by atoms with van der Waals surface area (Å²) >= 11 is 0. The number of fused-ring (bicyclic) bond motifs is 1. The Balaban J connectivity index is 1.62. The molecular formula is C22H25N3O5. The molecule has 1 heterocycles. The van der Waals surface area contributed by atoms with Gasteiger partial charge < -0.3 is 19.8 Å². The van der Waals surface area contributed by atoms with Crippen molar-refractivity contribution in [1.29, 1.82) is 0 Å². The van der Waals surface area contributed by atoms with E-state index in [2.05, 4.69) is 10.3 Å². The molecule has 2 N–H and O–H groups in total. The predicted molar refractivity (Wildman–Crippen MR) is 114 cm³/mol. The summed E-state index contributed by atoms with van der Waals surface area (Å²) in [4.78, 5) is 39.8. The van der Waals surface area contributed by atoms with Crippen LogP contribution < -0.4 is 26.0 Å². The fourth-order valence-electron chi connectivity index (χ4n) is 3.26. The number of ether oxygens (including phenoxy) is 2. The standard InChI is InChI=1S/C22H25N3O5/c1-29-18-13-16-17(14-19(18)30-2)24-22(28)25(21(16)27)12-6-9-20(26)23-11-10-15-7-4-3-5-8-15/h3-5,7-8,13-14H,6,9-12H2,1-2H3,(H,23,26)(H,24,28). The second-order valence-electron chi connectivity index (χ2n) is 6.83. The Kier molecular flexibility index (Phi) is 6.90. The molecule has 1 amide bonds. The number of aromatic amines is 1. The Bertz CT molecular complexity index is 1140. The van der Waals surface area contributed by atoms with E-state index >= 15 is 0 Å². The van der Waals surface area contributed by atoms with Gasteiger partial charge in [-0.2, -0.15) is 0 Å². The Hall–Kier alpha value is -3.55. The van der Waals surface area contributed by atoms with Gasteiger partial charge in [-0.05, 0) is 24.5 Å². The molecule has 0 saturated carbocycles. The number of carbonyl (C=O) groups is 1. The van der Waals surface area contributed by atoms with Crippen molar-refractivity contribution in [2.75, 3.05) is 20.8 Å². The minimum Gasteiger partial charge on any atom is -0.493 e. The van der Waals surface area contributed by atoms with E-state index in [0.29, 0.717) is 35.4 Å². The van der Waals surface area contributed by atoms with Crippen LogP contribution in [0.15, 0.2) is 52.1 Å². The van der Waals surface area contributed by atoms with E-state index in [1.165, 1.54) is 14.2 Å². The largest absolute Gasteiger partial charge is 0.493 e. The molecule has 3 rings (SSSR count). The number of aromatic nitrogens is 2. The van der Waals surface area contributed by atoms with Crippen molar-refractivity contribution >= 4 is 16.8 Å². The number of methoxy groups -OCH3 is 2. The van der Waals surface area contributed by atoms with Gasteiger partial charge in [0.05, 0.1) is 25.1 Å². The van der Waals surface area contributed by atoms with E-state index in [0.717, 1.165) is 16.6 Å². The number of hydrogen-bond acceptors (Lipinski definition) is 5. The van der Waals surface area contributed by atoms with Gasteiger partial charge in [0.1, 0.15) is 0 Å². The van der Waals surface area contributed by atoms with E-state index in [-0.39, 0.29) is 18.9 Å². The van der Waals surface area contributed by atoms with Crippen LogP contribution in [-0.2, 0) is 17.8 Å². The van der Waals surface area contributed by atoms with Crippen LogP contribution in [0.4, 0.5) is 0 Å². The molecule has 2 aromatic carbocycles. The third kappa shape index (κ3) is 4.89. The summed E-state index contributed by atoms with van der Waals surface area (Å²) < 4.78 is 11.5. The average Bonchev–Trinajstić information content (AvgIpc) is 2.76. The third-order valence-electron chi connectivity index (χ3n) is 4.85. The molecule has 3 aromatic rings. The van der Waals surface area contributed by atoms with Crippen LogP contribution >= 0.6 is 0 Å². The fraction of sp³-hybridized carbons (Fsp3) is 0.318. The molecule has 8 heteroatoms. The molecule has 158 valence electrons. The highest BCUT2D eigenvalue weighted by Gasteiger charge is 2.13. The summed E-state index contributed by atoms with van der Waals surface area (Å²) in [5.41, 5.74) is 0.569. The summed E-state index contributed by atoms with van der Waals surface area (Å²) in [6.45, 7) is 0.686. The predicted octanol–water partition coefficient (Wildman–Crippen LogP) is 1.85. The van der Waals surface area contributed by atoms with E-state index in [9.17, 15) is 14.4 Å². The molecular weight excluding hydrogens is 386 g/mol. The van der Waals surface area contributed by atoms with Crippen molar-refractivity contribution in [3.8, 4) is 11.5 Å². The maximum atomic E-state index is 12.8. The smallest absolute Gasteiger partial charge is 0.328 e. The van der Waals surface area contributed by atoms with Crippen molar-refractivity contribution in [3.05, 3.63) is 68.9 Å². The summed E-state index contributed by atoms with van der Waals surface area (Å²) in [5, 5.41) is 3.18. The number of rotatable bonds is 9. The third-order valence-corrected chi connectivity index (χ3v) is 4.85. The highest BCUT2D eigenvalue weighted by Crippen LogP contribution is 2.29. The quantitative estimate of drug-likeness (QED) is 0.559. The minimum atomic E-state index is -0.524. The average molecular weight is 411 g/mol. The summed E-state index contributed by atoms with van der Waals surface area (Å²) in [6.07, 6.45) is 1.35.